The largest absolute Gasteiger partial charge is 0.456 e. The van der Waals surface area contributed by atoms with Gasteiger partial charge in [-0.3, -0.25) is 4.98 Å². The Hall–Kier alpha value is -3.69. The van der Waals surface area contributed by atoms with E-state index in [0.29, 0.717) is 0 Å². The Balaban J connectivity index is 1.66. The van der Waals surface area contributed by atoms with Crippen molar-refractivity contribution in [3.05, 3.63) is 90.6 Å². The SMILES string of the molecule is c1ccc2c(c1)oc1cc3c(cc(-c4csc5ccccc45)c4ccncc43)cc12. The van der Waals surface area contributed by atoms with Crippen molar-refractivity contribution in [2.45, 2.75) is 0 Å². The molecule has 7 rings (SSSR count). The molecule has 0 aliphatic heterocycles. The predicted molar refractivity (Wildman–Crippen MR) is 127 cm³/mol. The molecule has 0 N–H and O–H groups in total. The molecule has 0 atom stereocenters. The van der Waals surface area contributed by atoms with Gasteiger partial charge >= 0.3 is 0 Å². The first-order chi connectivity index (χ1) is 14.9. The van der Waals surface area contributed by atoms with Crippen molar-refractivity contribution < 1.29 is 4.42 Å². The van der Waals surface area contributed by atoms with Crippen LogP contribution in [0.1, 0.15) is 0 Å². The number of aromatic nitrogens is 1. The van der Waals surface area contributed by atoms with Crippen LogP contribution in [0.25, 0.3) is 64.7 Å². The Morgan fingerprint density at radius 3 is 2.47 bits per heavy atom. The van der Waals surface area contributed by atoms with Crippen LogP contribution in [0.4, 0.5) is 0 Å². The Morgan fingerprint density at radius 1 is 0.633 bits per heavy atom. The molecule has 0 saturated heterocycles. The summed E-state index contributed by atoms with van der Waals surface area (Å²) in [5.74, 6) is 0. The molecular formula is C27H15NOS. The van der Waals surface area contributed by atoms with E-state index in [4.69, 9.17) is 4.42 Å². The average molecular weight is 401 g/mol. The van der Waals surface area contributed by atoms with Crippen LogP contribution in [0.5, 0.6) is 0 Å². The number of pyridine rings is 1. The highest BCUT2D eigenvalue weighted by Crippen LogP contribution is 2.42. The Kier molecular flexibility index (Phi) is 3.18. The van der Waals surface area contributed by atoms with E-state index < -0.39 is 0 Å². The molecule has 3 heteroatoms. The molecule has 0 aliphatic carbocycles. The summed E-state index contributed by atoms with van der Waals surface area (Å²) in [5.41, 5.74) is 4.38. The van der Waals surface area contributed by atoms with Crippen molar-refractivity contribution in [2.75, 3.05) is 0 Å². The summed E-state index contributed by atoms with van der Waals surface area (Å²) < 4.78 is 7.46. The van der Waals surface area contributed by atoms with Crippen molar-refractivity contribution in [1.82, 2.24) is 4.98 Å². The zero-order chi connectivity index (χ0) is 19.7. The molecule has 3 heterocycles. The molecule has 2 nitrogen and oxygen atoms in total. The summed E-state index contributed by atoms with van der Waals surface area (Å²) in [6.45, 7) is 0. The number of rotatable bonds is 1. The number of thiophene rings is 1. The molecule has 30 heavy (non-hydrogen) atoms. The van der Waals surface area contributed by atoms with Gasteiger partial charge in [-0.15, -0.1) is 11.3 Å². The molecule has 7 aromatic rings. The molecule has 0 fully saturated rings. The minimum atomic E-state index is 0.919. The average Bonchev–Trinajstić information content (AvgIpc) is 3.38. The molecule has 0 amide bonds. The fourth-order valence-corrected chi connectivity index (χ4v) is 5.59. The molecule has 0 bridgehead atoms. The number of para-hydroxylation sites is 1. The standard InChI is InChI=1S/C27H15NOS/c1-3-7-25-18(5-1)22-12-16-11-21(24-15-30-27-8-4-2-6-19(24)27)17-9-10-28-14-23(17)20(16)13-26(22)29-25/h1-15H. The number of furan rings is 1. The van der Waals surface area contributed by atoms with Gasteiger partial charge in [0.1, 0.15) is 11.2 Å². The Labute approximate surface area is 176 Å². The lowest BCUT2D eigenvalue weighted by atomic mass is 9.93. The molecule has 0 unspecified atom stereocenters. The van der Waals surface area contributed by atoms with E-state index in [-0.39, 0.29) is 0 Å². The second kappa shape index (κ2) is 5.91. The molecule has 3 aromatic heterocycles. The van der Waals surface area contributed by atoms with E-state index in [2.05, 4.69) is 71.0 Å². The molecule has 140 valence electrons. The van der Waals surface area contributed by atoms with Crippen molar-refractivity contribution >= 4 is 64.9 Å². The first-order valence-corrected chi connectivity index (χ1v) is 10.8. The summed E-state index contributed by atoms with van der Waals surface area (Å²) in [5, 5.41) is 10.6. The van der Waals surface area contributed by atoms with Crippen molar-refractivity contribution in [3.63, 3.8) is 0 Å². The van der Waals surface area contributed by atoms with Gasteiger partial charge in [-0.05, 0) is 63.5 Å². The maximum Gasteiger partial charge on any atom is 0.136 e. The fourth-order valence-electron chi connectivity index (χ4n) is 4.63. The van der Waals surface area contributed by atoms with Gasteiger partial charge in [0.15, 0.2) is 0 Å². The van der Waals surface area contributed by atoms with Crippen LogP contribution in [0, 0.1) is 0 Å². The van der Waals surface area contributed by atoms with Crippen molar-refractivity contribution in [2.24, 2.45) is 0 Å². The molecule has 0 saturated carbocycles. The molecule has 0 spiro atoms. The van der Waals surface area contributed by atoms with Crippen LogP contribution in [0.2, 0.25) is 0 Å². The van der Waals surface area contributed by atoms with Gasteiger partial charge in [0.2, 0.25) is 0 Å². The third-order valence-electron chi connectivity index (χ3n) is 6.02. The Bertz CT molecular complexity index is 1760. The third-order valence-corrected chi connectivity index (χ3v) is 6.98. The van der Waals surface area contributed by atoms with Gasteiger partial charge < -0.3 is 4.42 Å². The van der Waals surface area contributed by atoms with Crippen LogP contribution in [-0.2, 0) is 0 Å². The monoisotopic (exact) mass is 401 g/mol. The topological polar surface area (TPSA) is 26.0 Å². The summed E-state index contributed by atoms with van der Waals surface area (Å²) in [4.78, 5) is 4.44. The minimum absolute atomic E-state index is 0.919. The van der Waals surface area contributed by atoms with Gasteiger partial charge in [0, 0.05) is 44.2 Å². The lowest BCUT2D eigenvalue weighted by molar-refractivity contribution is 0.669. The molecule has 4 aromatic carbocycles. The summed E-state index contributed by atoms with van der Waals surface area (Å²) in [7, 11) is 0. The van der Waals surface area contributed by atoms with Crippen LogP contribution in [0.15, 0.2) is 95.0 Å². The van der Waals surface area contributed by atoms with Crippen LogP contribution >= 0.6 is 11.3 Å². The molecular weight excluding hydrogens is 386 g/mol. The van der Waals surface area contributed by atoms with Crippen molar-refractivity contribution in [1.29, 1.82) is 0 Å². The van der Waals surface area contributed by atoms with Gasteiger partial charge in [-0.1, -0.05) is 36.4 Å². The number of hydrogen-bond donors (Lipinski definition) is 0. The molecule has 0 radical (unpaired) electrons. The lowest BCUT2D eigenvalue weighted by Crippen LogP contribution is -1.85. The van der Waals surface area contributed by atoms with Crippen LogP contribution in [0.3, 0.4) is 0 Å². The van der Waals surface area contributed by atoms with E-state index >= 15 is 0 Å². The summed E-state index contributed by atoms with van der Waals surface area (Å²) in [6.07, 6.45) is 3.86. The van der Waals surface area contributed by atoms with Crippen LogP contribution < -0.4 is 0 Å². The zero-order valence-corrected chi connectivity index (χ0v) is 16.7. The maximum absolute atomic E-state index is 6.15. The number of fused-ring (bicyclic) bond motifs is 7. The van der Waals surface area contributed by atoms with Crippen LogP contribution in [-0.4, -0.2) is 4.98 Å². The smallest absolute Gasteiger partial charge is 0.136 e. The minimum Gasteiger partial charge on any atom is -0.456 e. The van der Waals surface area contributed by atoms with E-state index in [0.717, 1.165) is 27.3 Å². The van der Waals surface area contributed by atoms with E-state index in [1.165, 1.54) is 37.4 Å². The summed E-state index contributed by atoms with van der Waals surface area (Å²) in [6, 6.07) is 25.7. The quantitative estimate of drug-likeness (QED) is 0.259. The fraction of sp³-hybridized carbons (Fsp3) is 0. The van der Waals surface area contributed by atoms with E-state index in [1.54, 1.807) is 11.3 Å². The van der Waals surface area contributed by atoms with Gasteiger partial charge in [0.25, 0.3) is 0 Å². The number of hydrogen-bond acceptors (Lipinski definition) is 3. The van der Waals surface area contributed by atoms with Gasteiger partial charge in [0.05, 0.1) is 0 Å². The predicted octanol–water partition coefficient (Wildman–Crippen LogP) is 8.17. The second-order valence-corrected chi connectivity index (χ2v) is 8.57. The first-order valence-electron chi connectivity index (χ1n) is 9.95. The highest BCUT2D eigenvalue weighted by Gasteiger charge is 2.15. The summed E-state index contributed by atoms with van der Waals surface area (Å²) >= 11 is 1.80. The Morgan fingerprint density at radius 2 is 1.50 bits per heavy atom. The third kappa shape index (κ3) is 2.15. The van der Waals surface area contributed by atoms with Gasteiger partial charge in [-0.2, -0.15) is 0 Å². The highest BCUT2D eigenvalue weighted by atomic mass is 32.1. The zero-order valence-electron chi connectivity index (χ0n) is 15.9. The normalized spacial score (nSPS) is 12.0. The van der Waals surface area contributed by atoms with E-state index in [1.807, 2.05) is 24.5 Å². The molecule has 0 aliphatic rings. The second-order valence-electron chi connectivity index (χ2n) is 7.66. The van der Waals surface area contributed by atoms with Crippen molar-refractivity contribution in [3.8, 4) is 11.1 Å². The number of nitrogens with zero attached hydrogens (tertiary/aromatic N) is 1. The maximum atomic E-state index is 6.15. The first kappa shape index (κ1) is 16.1. The van der Waals surface area contributed by atoms with E-state index in [9.17, 15) is 0 Å². The van der Waals surface area contributed by atoms with Gasteiger partial charge in [-0.25, -0.2) is 0 Å². The highest BCUT2D eigenvalue weighted by molar-refractivity contribution is 7.17. The lowest BCUT2D eigenvalue weighted by Gasteiger charge is -2.10. The number of benzene rings is 4.